The standard InChI is InChI=1S/C18H20NSi.C5H5.2ClH.Ti/c19-17-13-7-8-14-18(17)20(15-9-3-1-4-10-15)16-11-5-2-6-12-16;1-2-4-5-3-1;;;/h1-6,9-12,17,19H,7-8,13-14H2;1-5H;2*1H;/q2*-1;;;+4/p-2. The van der Waals surface area contributed by atoms with E-state index in [9.17, 15) is 0 Å². The molecular formula is C23H25Cl2NSiTi. The third-order valence-corrected chi connectivity index (χ3v) is 7.67. The van der Waals surface area contributed by atoms with E-state index in [0.29, 0.717) is 0 Å². The van der Waals surface area contributed by atoms with Gasteiger partial charge in [0.05, 0.1) is 8.41 Å². The van der Waals surface area contributed by atoms with Crippen molar-refractivity contribution in [3.05, 3.63) is 96.7 Å². The normalized spacial score (nSPS) is 14.9. The maximum Gasteiger partial charge on any atom is 4.00 e. The monoisotopic (exact) mass is 461 g/mol. The van der Waals surface area contributed by atoms with E-state index in [4.69, 9.17) is 5.73 Å². The van der Waals surface area contributed by atoms with E-state index in [1.165, 1.54) is 28.4 Å². The summed E-state index contributed by atoms with van der Waals surface area (Å²) in [6, 6.07) is 31.7. The van der Waals surface area contributed by atoms with Crippen LogP contribution in [-0.2, 0) is 21.7 Å². The van der Waals surface area contributed by atoms with Crippen molar-refractivity contribution in [2.75, 3.05) is 0 Å². The Hall–Kier alpha value is -0.869. The third kappa shape index (κ3) is 7.87. The average Bonchev–Trinajstić information content (AvgIpc) is 3.26. The molecule has 5 heteroatoms. The van der Waals surface area contributed by atoms with Crippen LogP contribution in [0.15, 0.2) is 91.0 Å². The van der Waals surface area contributed by atoms with E-state index in [0.717, 1.165) is 12.8 Å². The van der Waals surface area contributed by atoms with Gasteiger partial charge in [0.15, 0.2) is 0 Å². The SMILES string of the molecule is [Cl-].[Cl-].[NH-]C1CCCCC1=[Si](c1ccccc1)c1ccccc1.[Ti+4].c1cc[cH-]c1. The van der Waals surface area contributed by atoms with E-state index in [1.54, 1.807) is 0 Å². The molecule has 0 aromatic heterocycles. The van der Waals surface area contributed by atoms with E-state index in [2.05, 4.69) is 60.7 Å². The molecule has 1 N–H and O–H groups in total. The molecule has 0 bridgehead atoms. The number of rotatable bonds is 2. The van der Waals surface area contributed by atoms with Crippen molar-refractivity contribution in [3.63, 3.8) is 0 Å². The zero-order valence-electron chi connectivity index (χ0n) is 15.8. The summed E-state index contributed by atoms with van der Waals surface area (Å²) < 4.78 is 0. The quantitative estimate of drug-likeness (QED) is 0.326. The first-order valence-corrected chi connectivity index (χ1v) is 10.6. The molecule has 28 heavy (non-hydrogen) atoms. The topological polar surface area (TPSA) is 23.8 Å². The molecule has 0 spiro atoms. The number of halogens is 2. The van der Waals surface area contributed by atoms with Gasteiger partial charge in [0.2, 0.25) is 0 Å². The Balaban J connectivity index is 0.000000801. The van der Waals surface area contributed by atoms with E-state index in [-0.39, 0.29) is 52.6 Å². The maximum absolute atomic E-state index is 8.45. The molecule has 4 rings (SSSR count). The van der Waals surface area contributed by atoms with Gasteiger partial charge in [-0.05, 0) is 16.8 Å². The van der Waals surface area contributed by atoms with Crippen LogP contribution in [0.4, 0.5) is 0 Å². The van der Waals surface area contributed by atoms with Crippen molar-refractivity contribution in [2.45, 2.75) is 31.7 Å². The molecule has 0 amide bonds. The van der Waals surface area contributed by atoms with E-state index in [1.807, 2.05) is 30.3 Å². The van der Waals surface area contributed by atoms with Crippen LogP contribution in [0.25, 0.3) is 5.73 Å². The zero-order chi connectivity index (χ0) is 17.3. The number of hydrogen-bond donors (Lipinski definition) is 0. The van der Waals surface area contributed by atoms with Crippen LogP contribution in [0.5, 0.6) is 0 Å². The number of hydrogen-bond acceptors (Lipinski definition) is 0. The van der Waals surface area contributed by atoms with Crippen LogP contribution in [0.3, 0.4) is 0 Å². The summed E-state index contributed by atoms with van der Waals surface area (Å²) in [6.45, 7) is 0. The van der Waals surface area contributed by atoms with Crippen LogP contribution in [-0.4, -0.2) is 19.6 Å². The summed E-state index contributed by atoms with van der Waals surface area (Å²) in [5.41, 5.74) is 8.45. The van der Waals surface area contributed by atoms with Gasteiger partial charge in [-0.1, -0.05) is 85.1 Å². The van der Waals surface area contributed by atoms with Crippen LogP contribution >= 0.6 is 0 Å². The largest absolute Gasteiger partial charge is 4.00 e. The molecule has 1 fully saturated rings. The van der Waals surface area contributed by atoms with Crippen molar-refractivity contribution in [2.24, 2.45) is 0 Å². The van der Waals surface area contributed by atoms with Gasteiger partial charge in [-0.3, -0.25) is 0 Å². The first-order valence-electron chi connectivity index (χ1n) is 9.08. The predicted octanol–water partition coefficient (Wildman–Crippen LogP) is -1.54. The molecule has 0 heterocycles. The molecule has 3 aromatic rings. The first kappa shape index (κ1) is 27.1. The fraction of sp³-hybridized carbons (Fsp3) is 0.217. The molecule has 1 atom stereocenters. The number of nitrogens with one attached hydrogen (secondary N) is 1. The molecule has 3 aromatic carbocycles. The average molecular weight is 462 g/mol. The molecule has 144 valence electrons. The molecule has 0 saturated heterocycles. The van der Waals surface area contributed by atoms with Crippen LogP contribution in [0.2, 0.25) is 0 Å². The van der Waals surface area contributed by atoms with Gasteiger partial charge in [0, 0.05) is 0 Å². The first-order chi connectivity index (χ1) is 12.4. The second kappa shape index (κ2) is 15.0. The molecule has 1 saturated carbocycles. The fourth-order valence-corrected chi connectivity index (χ4v) is 6.43. The minimum absolute atomic E-state index is 0. The summed E-state index contributed by atoms with van der Waals surface area (Å²) in [5.74, 6) is 0. The van der Waals surface area contributed by atoms with Gasteiger partial charge in [0.1, 0.15) is 0 Å². The maximum atomic E-state index is 8.45. The van der Waals surface area contributed by atoms with Gasteiger partial charge < -0.3 is 30.5 Å². The van der Waals surface area contributed by atoms with Crippen molar-refractivity contribution in [1.29, 1.82) is 0 Å². The van der Waals surface area contributed by atoms with Gasteiger partial charge >= 0.3 is 21.7 Å². The van der Waals surface area contributed by atoms with Crippen molar-refractivity contribution < 1.29 is 46.5 Å². The molecule has 0 radical (unpaired) electrons. The predicted molar refractivity (Wildman–Crippen MR) is 112 cm³/mol. The van der Waals surface area contributed by atoms with Gasteiger partial charge in [-0.15, -0.1) is 6.04 Å². The van der Waals surface area contributed by atoms with Gasteiger partial charge in [-0.2, -0.15) is 18.2 Å². The van der Waals surface area contributed by atoms with Gasteiger partial charge in [0.25, 0.3) is 0 Å². The third-order valence-electron chi connectivity index (χ3n) is 4.61. The zero-order valence-corrected chi connectivity index (χ0v) is 19.9. The van der Waals surface area contributed by atoms with Crippen LogP contribution < -0.4 is 35.2 Å². The Labute approximate surface area is 198 Å². The minimum atomic E-state index is -0.920. The molecule has 0 aliphatic heterocycles. The summed E-state index contributed by atoms with van der Waals surface area (Å²) in [6.07, 6.45) is 4.67. The Bertz CT molecular complexity index is 718. The molecular weight excluding hydrogens is 437 g/mol. The second-order valence-electron chi connectivity index (χ2n) is 6.39. The molecule has 1 aliphatic carbocycles. The molecule has 1 aliphatic rings. The Kier molecular flexibility index (Phi) is 14.6. The van der Waals surface area contributed by atoms with Gasteiger partial charge in [-0.25, -0.2) is 12.1 Å². The Morgan fingerprint density at radius 3 is 1.64 bits per heavy atom. The van der Waals surface area contributed by atoms with Crippen molar-refractivity contribution in [3.8, 4) is 0 Å². The summed E-state index contributed by atoms with van der Waals surface area (Å²) in [5, 5.41) is 4.36. The summed E-state index contributed by atoms with van der Waals surface area (Å²) in [4.78, 5) is 0. The van der Waals surface area contributed by atoms with Crippen LogP contribution in [0, 0.1) is 0 Å². The summed E-state index contributed by atoms with van der Waals surface area (Å²) >= 11 is 0. The van der Waals surface area contributed by atoms with E-state index < -0.39 is 8.41 Å². The number of benzene rings is 2. The smallest absolute Gasteiger partial charge is 1.00 e. The fourth-order valence-electron chi connectivity index (χ4n) is 3.38. The van der Waals surface area contributed by atoms with Crippen molar-refractivity contribution in [1.82, 2.24) is 0 Å². The van der Waals surface area contributed by atoms with Crippen LogP contribution in [0.1, 0.15) is 25.7 Å². The van der Waals surface area contributed by atoms with Crippen molar-refractivity contribution >= 4 is 24.0 Å². The molecule has 1 nitrogen and oxygen atoms in total. The Morgan fingerprint density at radius 2 is 1.25 bits per heavy atom. The molecule has 1 unspecified atom stereocenters. The van der Waals surface area contributed by atoms with E-state index >= 15 is 0 Å². The Morgan fingerprint density at radius 1 is 0.750 bits per heavy atom. The minimum Gasteiger partial charge on any atom is -1.00 e. The second-order valence-corrected chi connectivity index (χ2v) is 8.94. The summed E-state index contributed by atoms with van der Waals surface area (Å²) in [7, 11) is -0.920.